The lowest BCUT2D eigenvalue weighted by Crippen LogP contribution is -2.33. The number of nitrogens with one attached hydrogen (secondary N) is 1. The van der Waals surface area contributed by atoms with Crippen LogP contribution < -0.4 is 10.2 Å². The van der Waals surface area contributed by atoms with E-state index < -0.39 is 0 Å². The van der Waals surface area contributed by atoms with E-state index in [2.05, 4.69) is 42.4 Å². The first kappa shape index (κ1) is 14.7. The van der Waals surface area contributed by atoms with Gasteiger partial charge in [0, 0.05) is 30.3 Å². The molecule has 0 spiro atoms. The lowest BCUT2D eigenvalue weighted by Gasteiger charge is -2.33. The second kappa shape index (κ2) is 7.16. The highest BCUT2D eigenvalue weighted by Crippen LogP contribution is 2.29. The van der Waals surface area contributed by atoms with E-state index >= 15 is 0 Å². The number of benzene rings is 1. The average molecular weight is 281 g/mol. The summed E-state index contributed by atoms with van der Waals surface area (Å²) in [4.78, 5) is 2.40. The van der Waals surface area contributed by atoms with Crippen LogP contribution >= 0.6 is 11.6 Å². The van der Waals surface area contributed by atoms with Gasteiger partial charge in [-0.05, 0) is 37.1 Å². The fourth-order valence-electron chi connectivity index (χ4n) is 2.84. The average Bonchev–Trinajstić information content (AvgIpc) is 2.46. The Kier molecular flexibility index (Phi) is 5.53. The van der Waals surface area contributed by atoms with Crippen molar-refractivity contribution in [2.24, 2.45) is 0 Å². The molecular formula is C16H25ClN2. The van der Waals surface area contributed by atoms with Gasteiger partial charge in [0.25, 0.3) is 0 Å². The van der Waals surface area contributed by atoms with Crippen LogP contribution in [-0.2, 0) is 6.54 Å². The molecule has 1 saturated carbocycles. The first-order valence-corrected chi connectivity index (χ1v) is 7.82. The summed E-state index contributed by atoms with van der Waals surface area (Å²) in [7, 11) is 2.20. The van der Waals surface area contributed by atoms with Crippen molar-refractivity contribution >= 4 is 17.3 Å². The fourth-order valence-corrected chi connectivity index (χ4v) is 3.08. The summed E-state index contributed by atoms with van der Waals surface area (Å²) in [5, 5.41) is 4.20. The van der Waals surface area contributed by atoms with Crippen molar-refractivity contribution in [2.75, 3.05) is 18.5 Å². The molecule has 0 saturated heterocycles. The minimum absolute atomic E-state index is 0.685. The predicted octanol–water partition coefficient (Wildman–Crippen LogP) is 4.22. The molecular weight excluding hydrogens is 256 g/mol. The van der Waals surface area contributed by atoms with Crippen LogP contribution in [0.3, 0.4) is 0 Å². The summed E-state index contributed by atoms with van der Waals surface area (Å²) in [6.07, 6.45) is 6.75. The summed E-state index contributed by atoms with van der Waals surface area (Å²) in [6, 6.07) is 7.15. The summed E-state index contributed by atoms with van der Waals surface area (Å²) < 4.78 is 0. The number of rotatable bonds is 5. The van der Waals surface area contributed by atoms with Crippen LogP contribution in [0.25, 0.3) is 0 Å². The lowest BCUT2D eigenvalue weighted by atomic mass is 9.94. The van der Waals surface area contributed by atoms with Gasteiger partial charge in [0.2, 0.25) is 0 Å². The number of hydrogen-bond acceptors (Lipinski definition) is 2. The van der Waals surface area contributed by atoms with Gasteiger partial charge in [-0.25, -0.2) is 0 Å². The topological polar surface area (TPSA) is 15.3 Å². The third kappa shape index (κ3) is 3.87. The second-order valence-electron chi connectivity index (χ2n) is 5.46. The SMILES string of the molecule is CCNCc1ccc(N(C)C2CCCCC2)cc1Cl. The molecule has 0 aliphatic heterocycles. The van der Waals surface area contributed by atoms with E-state index in [-0.39, 0.29) is 0 Å². The molecule has 1 N–H and O–H groups in total. The Bertz CT molecular complexity index is 400. The van der Waals surface area contributed by atoms with Crippen LogP contribution in [0, 0.1) is 0 Å². The van der Waals surface area contributed by atoms with Gasteiger partial charge < -0.3 is 10.2 Å². The number of nitrogens with zero attached hydrogens (tertiary/aromatic N) is 1. The van der Waals surface area contributed by atoms with Crippen LogP contribution in [0.4, 0.5) is 5.69 Å². The Morgan fingerprint density at radius 1 is 1.26 bits per heavy atom. The lowest BCUT2D eigenvalue weighted by molar-refractivity contribution is 0.427. The molecule has 1 aliphatic rings. The molecule has 1 aliphatic carbocycles. The van der Waals surface area contributed by atoms with E-state index in [1.165, 1.54) is 43.4 Å². The Morgan fingerprint density at radius 3 is 2.63 bits per heavy atom. The highest BCUT2D eigenvalue weighted by atomic mass is 35.5. The Labute approximate surface area is 122 Å². The van der Waals surface area contributed by atoms with Gasteiger partial charge in [0.15, 0.2) is 0 Å². The summed E-state index contributed by atoms with van der Waals surface area (Å²) in [5.41, 5.74) is 2.43. The van der Waals surface area contributed by atoms with Crippen molar-refractivity contribution in [1.29, 1.82) is 0 Å². The van der Waals surface area contributed by atoms with Crippen molar-refractivity contribution in [3.63, 3.8) is 0 Å². The van der Waals surface area contributed by atoms with Crippen LogP contribution in [0.2, 0.25) is 5.02 Å². The van der Waals surface area contributed by atoms with Crippen molar-refractivity contribution in [1.82, 2.24) is 5.32 Å². The molecule has 1 aromatic rings. The maximum absolute atomic E-state index is 6.38. The monoisotopic (exact) mass is 280 g/mol. The van der Waals surface area contributed by atoms with Crippen molar-refractivity contribution in [3.05, 3.63) is 28.8 Å². The summed E-state index contributed by atoms with van der Waals surface area (Å²) in [5.74, 6) is 0. The van der Waals surface area contributed by atoms with Gasteiger partial charge in [-0.15, -0.1) is 0 Å². The molecule has 0 radical (unpaired) electrons. The molecule has 2 nitrogen and oxygen atoms in total. The maximum atomic E-state index is 6.38. The molecule has 0 bridgehead atoms. The van der Waals surface area contributed by atoms with Crippen LogP contribution in [0.5, 0.6) is 0 Å². The van der Waals surface area contributed by atoms with Gasteiger partial charge in [-0.2, -0.15) is 0 Å². The van der Waals surface area contributed by atoms with Gasteiger partial charge in [-0.1, -0.05) is 43.9 Å². The van der Waals surface area contributed by atoms with E-state index in [1.54, 1.807) is 0 Å². The third-order valence-corrected chi connectivity index (χ3v) is 4.48. The minimum atomic E-state index is 0.685. The molecule has 1 fully saturated rings. The van der Waals surface area contributed by atoms with E-state index in [9.17, 15) is 0 Å². The Morgan fingerprint density at radius 2 is 2.00 bits per heavy atom. The zero-order chi connectivity index (χ0) is 13.7. The van der Waals surface area contributed by atoms with Gasteiger partial charge >= 0.3 is 0 Å². The Hall–Kier alpha value is -0.730. The number of hydrogen-bond donors (Lipinski definition) is 1. The highest BCUT2D eigenvalue weighted by molar-refractivity contribution is 6.31. The quantitative estimate of drug-likeness (QED) is 0.869. The second-order valence-corrected chi connectivity index (χ2v) is 5.87. The molecule has 0 amide bonds. The van der Waals surface area contributed by atoms with Gasteiger partial charge in [0.1, 0.15) is 0 Å². The number of anilines is 1. The normalized spacial score (nSPS) is 16.6. The van der Waals surface area contributed by atoms with Crippen molar-refractivity contribution in [2.45, 2.75) is 51.6 Å². The van der Waals surface area contributed by atoms with E-state index in [4.69, 9.17) is 11.6 Å². The van der Waals surface area contributed by atoms with Crippen molar-refractivity contribution in [3.8, 4) is 0 Å². The predicted molar refractivity (Wildman–Crippen MR) is 84.1 cm³/mol. The standard InChI is InChI=1S/C16H25ClN2/c1-3-18-12-13-9-10-15(11-16(13)17)19(2)14-7-5-4-6-8-14/h9-11,14,18H,3-8,12H2,1-2H3. The first-order valence-electron chi connectivity index (χ1n) is 7.44. The Balaban J connectivity index is 2.05. The molecule has 0 unspecified atom stereocenters. The largest absolute Gasteiger partial charge is 0.372 e. The molecule has 106 valence electrons. The smallest absolute Gasteiger partial charge is 0.0471 e. The van der Waals surface area contributed by atoms with Crippen molar-refractivity contribution < 1.29 is 0 Å². The van der Waals surface area contributed by atoms with Crippen LogP contribution in [0.15, 0.2) is 18.2 Å². The third-order valence-electron chi connectivity index (χ3n) is 4.13. The number of halogens is 1. The summed E-state index contributed by atoms with van der Waals surface area (Å²) >= 11 is 6.38. The minimum Gasteiger partial charge on any atom is -0.372 e. The highest BCUT2D eigenvalue weighted by Gasteiger charge is 2.18. The molecule has 0 aromatic heterocycles. The van der Waals surface area contributed by atoms with E-state index in [1.807, 2.05) is 0 Å². The van der Waals surface area contributed by atoms with Crippen LogP contribution in [0.1, 0.15) is 44.6 Å². The first-order chi connectivity index (χ1) is 9.22. The molecule has 19 heavy (non-hydrogen) atoms. The van der Waals surface area contributed by atoms with Gasteiger partial charge in [0.05, 0.1) is 0 Å². The van der Waals surface area contributed by atoms with E-state index in [0.717, 1.165) is 18.1 Å². The fraction of sp³-hybridized carbons (Fsp3) is 0.625. The summed E-state index contributed by atoms with van der Waals surface area (Å²) in [6.45, 7) is 3.93. The molecule has 0 atom stereocenters. The maximum Gasteiger partial charge on any atom is 0.0471 e. The van der Waals surface area contributed by atoms with E-state index in [0.29, 0.717) is 6.04 Å². The zero-order valence-electron chi connectivity index (χ0n) is 12.1. The molecule has 2 rings (SSSR count). The van der Waals surface area contributed by atoms with Gasteiger partial charge in [-0.3, -0.25) is 0 Å². The molecule has 0 heterocycles. The van der Waals surface area contributed by atoms with Crippen LogP contribution in [-0.4, -0.2) is 19.6 Å². The zero-order valence-corrected chi connectivity index (χ0v) is 12.8. The molecule has 1 aromatic carbocycles. The molecule has 3 heteroatoms.